The quantitative estimate of drug-likeness (QED) is 0.685. The number of nitrogens with zero attached hydrogens (tertiary/aromatic N) is 3. The molecule has 1 aliphatic rings. The maximum atomic E-state index is 12.7. The number of aryl methyl sites for hydroxylation is 1. The van der Waals surface area contributed by atoms with Crippen molar-refractivity contribution in [2.75, 3.05) is 19.8 Å². The normalized spacial score (nSPS) is 13.0. The number of amides is 2. The summed E-state index contributed by atoms with van der Waals surface area (Å²) in [6.45, 7) is 1.27. The lowest BCUT2D eigenvalue weighted by atomic mass is 10.1. The fourth-order valence-electron chi connectivity index (χ4n) is 3.08. The van der Waals surface area contributed by atoms with E-state index in [2.05, 4.69) is 15.3 Å². The summed E-state index contributed by atoms with van der Waals surface area (Å²) in [5.41, 5.74) is 2.35. The van der Waals surface area contributed by atoms with E-state index >= 15 is 0 Å². The molecule has 0 spiro atoms. The van der Waals surface area contributed by atoms with Crippen LogP contribution in [0.1, 0.15) is 37.5 Å². The number of carbonyl (C=O) groups is 2. The first-order chi connectivity index (χ1) is 13.9. The molecule has 29 heavy (non-hydrogen) atoms. The molecule has 0 radical (unpaired) electrons. The Morgan fingerprint density at radius 2 is 2.21 bits per heavy atom. The third kappa shape index (κ3) is 4.65. The molecule has 0 unspecified atom stereocenters. The Hall–Kier alpha value is -3.14. The summed E-state index contributed by atoms with van der Waals surface area (Å²) >= 11 is 0. The van der Waals surface area contributed by atoms with Crippen molar-refractivity contribution in [2.24, 2.45) is 0 Å². The number of ether oxygens (including phenoxy) is 1. The molecule has 2 aromatic heterocycles. The van der Waals surface area contributed by atoms with Gasteiger partial charge in [-0.3, -0.25) is 14.6 Å². The molecule has 10 heteroatoms. The molecule has 0 saturated heterocycles. The number of aromatic nitrogens is 2. The number of carbonyl (C=O) groups excluding carboxylic acids is 2. The lowest BCUT2D eigenvalue weighted by Gasteiger charge is -2.16. The molecule has 3 rings (SSSR count). The minimum atomic E-state index is -2.59. The van der Waals surface area contributed by atoms with Crippen LogP contribution in [0, 0.1) is 6.92 Å². The molecule has 0 aliphatic carbocycles. The standard InChI is InChI=1S/C19H20F2N4O4/c1-11-6-12(7-24-18(11)29-10-15(20)21)8-25-9-14-13(19(25)28)2-3-22-16(14)17(27)23-4-5-26/h2-3,6-7,15,26H,4-5,8-10H2,1H3,(H,23,27). The van der Waals surface area contributed by atoms with Gasteiger partial charge in [0.1, 0.15) is 5.69 Å². The predicted octanol–water partition coefficient (Wildman–Crippen LogP) is 1.31. The number of pyridine rings is 2. The monoisotopic (exact) mass is 406 g/mol. The van der Waals surface area contributed by atoms with Gasteiger partial charge in [0.05, 0.1) is 6.61 Å². The number of hydrogen-bond donors (Lipinski definition) is 2. The number of fused-ring (bicyclic) bond motifs is 1. The Morgan fingerprint density at radius 3 is 2.90 bits per heavy atom. The van der Waals surface area contributed by atoms with Gasteiger partial charge in [-0.1, -0.05) is 0 Å². The Kier molecular flexibility index (Phi) is 6.32. The molecule has 154 valence electrons. The number of hydrogen-bond acceptors (Lipinski definition) is 6. The van der Waals surface area contributed by atoms with E-state index < -0.39 is 18.9 Å². The first kappa shape index (κ1) is 20.6. The van der Waals surface area contributed by atoms with Gasteiger partial charge < -0.3 is 20.1 Å². The Labute approximate surface area is 165 Å². The van der Waals surface area contributed by atoms with Crippen molar-refractivity contribution in [3.63, 3.8) is 0 Å². The minimum Gasteiger partial charge on any atom is -0.471 e. The second-order valence-corrected chi connectivity index (χ2v) is 6.49. The van der Waals surface area contributed by atoms with Gasteiger partial charge in [-0.05, 0) is 24.6 Å². The van der Waals surface area contributed by atoms with Crippen LogP contribution in [0.3, 0.4) is 0 Å². The van der Waals surface area contributed by atoms with E-state index in [9.17, 15) is 18.4 Å². The van der Waals surface area contributed by atoms with Crippen LogP contribution in [0.4, 0.5) is 8.78 Å². The second kappa shape index (κ2) is 8.91. The van der Waals surface area contributed by atoms with Gasteiger partial charge in [-0.15, -0.1) is 0 Å². The summed E-state index contributed by atoms with van der Waals surface area (Å²) in [5, 5.41) is 11.4. The number of aliphatic hydroxyl groups is 1. The minimum absolute atomic E-state index is 0.0900. The average molecular weight is 406 g/mol. The van der Waals surface area contributed by atoms with Crippen molar-refractivity contribution >= 4 is 11.8 Å². The fraction of sp³-hybridized carbons (Fsp3) is 0.368. The van der Waals surface area contributed by atoms with Crippen molar-refractivity contribution in [3.05, 3.63) is 52.5 Å². The number of aliphatic hydroxyl groups excluding tert-OH is 1. The van der Waals surface area contributed by atoms with Gasteiger partial charge in [-0.2, -0.15) is 0 Å². The van der Waals surface area contributed by atoms with Crippen molar-refractivity contribution in [1.82, 2.24) is 20.2 Å². The highest BCUT2D eigenvalue weighted by atomic mass is 19.3. The molecule has 0 saturated carbocycles. The summed E-state index contributed by atoms with van der Waals surface area (Å²) in [6, 6.07) is 3.28. The Bertz CT molecular complexity index is 923. The highest BCUT2D eigenvalue weighted by molar-refractivity contribution is 6.03. The van der Waals surface area contributed by atoms with Gasteiger partial charge in [-0.25, -0.2) is 13.8 Å². The lowest BCUT2D eigenvalue weighted by molar-refractivity contribution is 0.0761. The van der Waals surface area contributed by atoms with Crippen LogP contribution in [0.5, 0.6) is 5.88 Å². The van der Waals surface area contributed by atoms with Crippen LogP contribution in [0.2, 0.25) is 0 Å². The maximum Gasteiger partial charge on any atom is 0.272 e. The zero-order chi connectivity index (χ0) is 21.0. The van der Waals surface area contributed by atoms with E-state index in [4.69, 9.17) is 9.84 Å². The van der Waals surface area contributed by atoms with E-state index in [-0.39, 0.29) is 43.7 Å². The smallest absolute Gasteiger partial charge is 0.272 e. The zero-order valence-electron chi connectivity index (χ0n) is 15.7. The molecule has 0 aromatic carbocycles. The van der Waals surface area contributed by atoms with Gasteiger partial charge in [0, 0.05) is 48.7 Å². The largest absolute Gasteiger partial charge is 0.471 e. The number of rotatable bonds is 8. The molecule has 2 N–H and O–H groups in total. The highest BCUT2D eigenvalue weighted by Gasteiger charge is 2.31. The SMILES string of the molecule is Cc1cc(CN2Cc3c(ccnc3C(=O)NCCO)C2=O)cnc1OCC(F)F. The van der Waals surface area contributed by atoms with Crippen molar-refractivity contribution in [3.8, 4) is 5.88 Å². The summed E-state index contributed by atoms with van der Waals surface area (Å²) in [5.74, 6) is -0.574. The molecule has 3 heterocycles. The Morgan fingerprint density at radius 1 is 1.41 bits per heavy atom. The molecule has 2 amide bonds. The third-order valence-electron chi connectivity index (χ3n) is 4.34. The average Bonchev–Trinajstić information content (AvgIpc) is 3.01. The lowest BCUT2D eigenvalue weighted by Crippen LogP contribution is -2.28. The topological polar surface area (TPSA) is 105 Å². The third-order valence-corrected chi connectivity index (χ3v) is 4.34. The second-order valence-electron chi connectivity index (χ2n) is 6.49. The van der Waals surface area contributed by atoms with E-state index in [0.717, 1.165) is 0 Å². The van der Waals surface area contributed by atoms with E-state index in [1.165, 1.54) is 12.4 Å². The van der Waals surface area contributed by atoms with Gasteiger partial charge in [0.2, 0.25) is 5.88 Å². The molecule has 0 bridgehead atoms. The number of alkyl halides is 2. The number of halogens is 2. The molecule has 0 fully saturated rings. The molecular weight excluding hydrogens is 386 g/mol. The molecule has 8 nitrogen and oxygen atoms in total. The number of nitrogens with one attached hydrogen (secondary N) is 1. The summed E-state index contributed by atoms with van der Waals surface area (Å²) < 4.78 is 29.5. The van der Waals surface area contributed by atoms with E-state index in [0.29, 0.717) is 22.3 Å². The summed E-state index contributed by atoms with van der Waals surface area (Å²) in [7, 11) is 0. The van der Waals surface area contributed by atoms with E-state index in [1.807, 2.05) is 0 Å². The fourth-order valence-corrected chi connectivity index (χ4v) is 3.08. The maximum absolute atomic E-state index is 12.7. The van der Waals surface area contributed by atoms with Crippen molar-refractivity contribution in [2.45, 2.75) is 26.4 Å². The van der Waals surface area contributed by atoms with Crippen molar-refractivity contribution in [1.29, 1.82) is 0 Å². The summed E-state index contributed by atoms with van der Waals surface area (Å²) in [4.78, 5) is 34.6. The van der Waals surface area contributed by atoms with Gasteiger partial charge in [0.15, 0.2) is 6.61 Å². The predicted molar refractivity (Wildman–Crippen MR) is 97.7 cm³/mol. The Balaban J connectivity index is 1.74. The first-order valence-electron chi connectivity index (χ1n) is 8.93. The molecule has 0 atom stereocenters. The molecule has 2 aromatic rings. The van der Waals surface area contributed by atoms with Crippen LogP contribution in [0.15, 0.2) is 24.5 Å². The van der Waals surface area contributed by atoms with Crippen LogP contribution in [0.25, 0.3) is 0 Å². The highest BCUT2D eigenvalue weighted by Crippen LogP contribution is 2.27. The van der Waals surface area contributed by atoms with E-state index in [1.54, 1.807) is 24.0 Å². The van der Waals surface area contributed by atoms with Crippen LogP contribution in [-0.2, 0) is 13.1 Å². The van der Waals surface area contributed by atoms with Crippen LogP contribution < -0.4 is 10.1 Å². The zero-order valence-corrected chi connectivity index (χ0v) is 15.7. The molecular formula is C19H20F2N4O4. The van der Waals surface area contributed by atoms with Crippen molar-refractivity contribution < 1.29 is 28.2 Å². The van der Waals surface area contributed by atoms with Gasteiger partial charge >= 0.3 is 0 Å². The van der Waals surface area contributed by atoms with Gasteiger partial charge in [0.25, 0.3) is 18.2 Å². The first-order valence-corrected chi connectivity index (χ1v) is 8.93. The summed E-state index contributed by atoms with van der Waals surface area (Å²) in [6.07, 6.45) is 0.278. The van der Waals surface area contributed by atoms with Crippen LogP contribution in [-0.4, -0.2) is 58.0 Å². The van der Waals surface area contributed by atoms with Crippen LogP contribution >= 0.6 is 0 Å². The molecule has 1 aliphatic heterocycles.